The van der Waals surface area contributed by atoms with Gasteiger partial charge >= 0.3 is 0 Å². The molecule has 2 amide bonds. The van der Waals surface area contributed by atoms with Crippen LogP contribution < -0.4 is 22.1 Å². The Hall–Kier alpha value is -3.16. The van der Waals surface area contributed by atoms with Gasteiger partial charge in [-0.25, -0.2) is 14.9 Å². The highest BCUT2D eigenvalue weighted by molar-refractivity contribution is 7.94. The number of hydrogen-bond acceptors (Lipinski definition) is 8. The lowest BCUT2D eigenvalue weighted by Gasteiger charge is -2.07. The highest BCUT2D eigenvalue weighted by Gasteiger charge is 2.19. The fourth-order valence-electron chi connectivity index (χ4n) is 3.05. The van der Waals surface area contributed by atoms with Crippen LogP contribution in [0.4, 0.5) is 10.8 Å². The third-order valence-electron chi connectivity index (χ3n) is 4.61. The molecule has 2 aromatic carbocycles. The zero-order valence-electron chi connectivity index (χ0n) is 19.6. The maximum absolute atomic E-state index is 13.0. The number of guanidine groups is 1. The lowest BCUT2D eigenvalue weighted by atomic mass is 10.1. The molecule has 3 rings (SSSR count). The van der Waals surface area contributed by atoms with Gasteiger partial charge in [0.15, 0.2) is 11.1 Å². The van der Waals surface area contributed by atoms with Crippen LogP contribution >= 0.6 is 35.8 Å². The topological polar surface area (TPSA) is 154 Å². The molecule has 0 bridgehead atoms. The van der Waals surface area contributed by atoms with Gasteiger partial charge < -0.3 is 22.1 Å². The van der Waals surface area contributed by atoms with E-state index in [9.17, 15) is 9.59 Å². The Balaban J connectivity index is 0.00000456. The highest BCUT2D eigenvalue weighted by Crippen LogP contribution is 2.25. The van der Waals surface area contributed by atoms with Crippen molar-refractivity contribution in [3.8, 4) is 0 Å². The molecule has 0 spiro atoms. The minimum Gasteiger partial charge on any atom is -0.370 e. The summed E-state index contributed by atoms with van der Waals surface area (Å²) in [5.41, 5.74) is 14.1. The average Bonchev–Trinajstić information content (AvgIpc) is 3.23. The van der Waals surface area contributed by atoms with Gasteiger partial charge in [0.2, 0.25) is 5.91 Å². The Morgan fingerprint density at radius 1 is 1.06 bits per heavy atom. The van der Waals surface area contributed by atoms with E-state index in [-0.39, 0.29) is 30.2 Å². The minimum absolute atomic E-state index is 0. The molecule has 6 N–H and O–H groups in total. The molecule has 1 aromatic heterocycles. The van der Waals surface area contributed by atoms with Gasteiger partial charge in [-0.05, 0) is 48.2 Å². The number of aryl methyl sites for hydroxylation is 2. The molecule has 1 heterocycles. The summed E-state index contributed by atoms with van der Waals surface area (Å²) in [4.78, 5) is 38.9. The summed E-state index contributed by atoms with van der Waals surface area (Å²) in [6, 6.07) is 15.0. The number of amides is 2. The molecule has 192 valence electrons. The quantitative estimate of drug-likeness (QED) is 0.0925. The Morgan fingerprint density at radius 2 is 1.72 bits per heavy atom. The molecule has 0 saturated carbocycles. The van der Waals surface area contributed by atoms with E-state index in [1.165, 1.54) is 14.0 Å². The van der Waals surface area contributed by atoms with Crippen molar-refractivity contribution < 1.29 is 18.8 Å². The van der Waals surface area contributed by atoms with Gasteiger partial charge in [-0.2, -0.15) is 4.33 Å². The van der Waals surface area contributed by atoms with Crippen molar-refractivity contribution in [3.05, 3.63) is 70.2 Å². The predicted octanol–water partition coefficient (Wildman–Crippen LogP) is 3.73. The Morgan fingerprint density at radius 3 is 2.33 bits per heavy atom. The lowest BCUT2D eigenvalue weighted by Crippen LogP contribution is -2.23. The fraction of sp³-hybridized carbons (Fsp3) is 0.217. The first-order valence-electron chi connectivity index (χ1n) is 10.5. The summed E-state index contributed by atoms with van der Waals surface area (Å²) >= 11 is 2.25. The van der Waals surface area contributed by atoms with Crippen LogP contribution in [0.15, 0.2) is 58.4 Å². The van der Waals surface area contributed by atoms with Crippen molar-refractivity contribution in [2.24, 2.45) is 16.5 Å². The third kappa shape index (κ3) is 9.13. The van der Waals surface area contributed by atoms with E-state index in [0.717, 1.165) is 39.4 Å². The van der Waals surface area contributed by atoms with Crippen LogP contribution in [0.3, 0.4) is 0 Å². The zero-order chi connectivity index (χ0) is 25.2. The van der Waals surface area contributed by atoms with E-state index in [1.54, 1.807) is 0 Å². The number of carbonyl (C=O) groups is 2. The van der Waals surface area contributed by atoms with Gasteiger partial charge in [-0.15, -0.1) is 12.4 Å². The van der Waals surface area contributed by atoms with Crippen LogP contribution in [0.2, 0.25) is 0 Å². The molecule has 0 atom stereocenters. The van der Waals surface area contributed by atoms with Crippen molar-refractivity contribution in [2.75, 3.05) is 12.4 Å². The standard InChI is InChI=1S/C23H26N6O4S2.ClH/c1-14(30)27-23-29-19(12-7-15-3-8-17(9-4-15)28-22(24)25)20(34-23)21(31)26-13-16-5-10-18(11-6-16)35-33-32-2;/h3-6,8-11H,7,12-13H2,1-2H3,(H,26,31)(H4,24,25,28)(H,27,29,30);1H. The summed E-state index contributed by atoms with van der Waals surface area (Å²) in [5, 5.41) is 5.98. The smallest absolute Gasteiger partial charge is 0.263 e. The van der Waals surface area contributed by atoms with Crippen molar-refractivity contribution in [2.45, 2.75) is 31.2 Å². The van der Waals surface area contributed by atoms with Gasteiger partial charge in [-0.1, -0.05) is 35.6 Å². The summed E-state index contributed by atoms with van der Waals surface area (Å²) in [6.45, 7) is 1.74. The number of halogens is 1. The number of nitrogens with two attached hydrogens (primary N) is 2. The van der Waals surface area contributed by atoms with Crippen molar-refractivity contribution in [3.63, 3.8) is 0 Å². The summed E-state index contributed by atoms with van der Waals surface area (Å²) in [5.74, 6) is -0.502. The number of hydrogen-bond donors (Lipinski definition) is 4. The van der Waals surface area contributed by atoms with Crippen LogP contribution in [0.25, 0.3) is 0 Å². The Bertz CT molecular complexity index is 1180. The number of aromatic nitrogens is 1. The second-order valence-electron chi connectivity index (χ2n) is 7.32. The molecule has 13 heteroatoms. The van der Waals surface area contributed by atoms with E-state index in [2.05, 4.69) is 25.5 Å². The summed E-state index contributed by atoms with van der Waals surface area (Å²) in [6.07, 6.45) is 1.17. The number of benzene rings is 2. The Labute approximate surface area is 223 Å². The number of rotatable bonds is 11. The van der Waals surface area contributed by atoms with Crippen LogP contribution in [-0.4, -0.2) is 29.9 Å². The molecule has 36 heavy (non-hydrogen) atoms. The number of thiazole rings is 1. The van der Waals surface area contributed by atoms with Crippen LogP contribution in [0.5, 0.6) is 0 Å². The maximum atomic E-state index is 13.0. The van der Waals surface area contributed by atoms with Gasteiger partial charge in [0.05, 0.1) is 30.5 Å². The van der Waals surface area contributed by atoms with Crippen molar-refractivity contribution in [1.29, 1.82) is 0 Å². The molecule has 0 aliphatic rings. The van der Waals surface area contributed by atoms with Gasteiger partial charge in [0.1, 0.15) is 4.88 Å². The largest absolute Gasteiger partial charge is 0.370 e. The van der Waals surface area contributed by atoms with E-state index in [0.29, 0.717) is 40.8 Å². The molecule has 0 saturated heterocycles. The van der Waals surface area contributed by atoms with E-state index in [1.807, 2.05) is 48.5 Å². The number of nitrogens with zero attached hydrogens (tertiary/aromatic N) is 2. The molecular weight excluding hydrogens is 524 g/mol. The minimum atomic E-state index is -0.252. The van der Waals surface area contributed by atoms with Crippen LogP contribution in [0.1, 0.15) is 33.4 Å². The number of carbonyl (C=O) groups excluding carboxylic acids is 2. The number of anilines is 1. The number of nitrogens with one attached hydrogen (secondary N) is 2. The van der Waals surface area contributed by atoms with Crippen molar-refractivity contribution >= 4 is 64.4 Å². The Kier molecular flexibility index (Phi) is 11.6. The molecule has 10 nitrogen and oxygen atoms in total. The normalized spacial score (nSPS) is 10.3. The summed E-state index contributed by atoms with van der Waals surface area (Å²) in [7, 11) is 1.44. The summed E-state index contributed by atoms with van der Waals surface area (Å²) < 4.78 is 4.83. The van der Waals surface area contributed by atoms with Gasteiger partial charge in [0.25, 0.3) is 5.91 Å². The van der Waals surface area contributed by atoms with E-state index >= 15 is 0 Å². The first kappa shape index (κ1) is 29.1. The molecule has 0 aliphatic heterocycles. The fourth-order valence-corrected chi connectivity index (χ4v) is 4.42. The monoisotopic (exact) mass is 550 g/mol. The first-order valence-corrected chi connectivity index (χ1v) is 12.1. The average molecular weight is 551 g/mol. The van der Waals surface area contributed by atoms with Gasteiger partial charge in [-0.3, -0.25) is 9.59 Å². The lowest BCUT2D eigenvalue weighted by molar-refractivity contribution is -0.160. The zero-order valence-corrected chi connectivity index (χ0v) is 22.1. The second kappa shape index (κ2) is 14.4. The van der Waals surface area contributed by atoms with E-state index < -0.39 is 0 Å². The van der Waals surface area contributed by atoms with Crippen LogP contribution in [-0.2, 0) is 33.4 Å². The molecule has 0 radical (unpaired) electrons. The molecule has 3 aromatic rings. The second-order valence-corrected chi connectivity index (χ2v) is 9.10. The molecular formula is C23H27ClN6O4S2. The number of aliphatic imine (C=N–C) groups is 1. The molecule has 0 aliphatic carbocycles. The third-order valence-corrected chi connectivity index (χ3v) is 6.29. The maximum Gasteiger partial charge on any atom is 0.263 e. The SMILES string of the molecule is COOSc1ccc(CNC(=O)c2sc(NC(C)=O)nc2CCc2ccc(N=C(N)N)cc2)cc1.Cl. The predicted molar refractivity (Wildman–Crippen MR) is 145 cm³/mol. The molecule has 0 fully saturated rings. The van der Waals surface area contributed by atoms with Gasteiger partial charge in [0, 0.05) is 18.4 Å². The molecule has 0 unspecified atom stereocenters. The first-order chi connectivity index (χ1) is 16.8. The van der Waals surface area contributed by atoms with Crippen molar-refractivity contribution in [1.82, 2.24) is 10.3 Å². The van der Waals surface area contributed by atoms with E-state index in [4.69, 9.17) is 15.8 Å². The highest BCUT2D eigenvalue weighted by atomic mass is 35.5. The van der Waals surface area contributed by atoms with Crippen LogP contribution in [0, 0.1) is 0 Å².